The van der Waals surface area contributed by atoms with E-state index < -0.39 is 11.1 Å². The zero-order valence-electron chi connectivity index (χ0n) is 5.33. The summed E-state index contributed by atoms with van der Waals surface area (Å²) in [6, 6.07) is 0. The Kier molecular flexibility index (Phi) is 4.35. The molecule has 0 fully saturated rings. The molecule has 0 rings (SSSR count). The molecule has 1 atom stereocenters. The molecule has 9 heavy (non-hydrogen) atoms. The first kappa shape index (κ1) is 8.65. The van der Waals surface area contributed by atoms with Crippen molar-refractivity contribution >= 4 is 11.1 Å². The monoisotopic (exact) mass is 149 g/mol. The smallest absolute Gasteiger partial charge is 0.158 e. The van der Waals surface area contributed by atoms with Crippen molar-refractivity contribution in [2.45, 2.75) is 13.3 Å². The molecule has 0 radical (unpaired) electrons. The molecule has 0 amide bonds. The second-order valence-electron chi connectivity index (χ2n) is 1.65. The topological polar surface area (TPSA) is 63.3 Å². The van der Waals surface area contributed by atoms with E-state index in [1.54, 1.807) is 6.08 Å². The average Bonchev–Trinajstić information content (AvgIpc) is 1.63. The van der Waals surface area contributed by atoms with Gasteiger partial charge in [-0.2, -0.15) is 0 Å². The highest BCUT2D eigenvalue weighted by molar-refractivity contribution is 7.79. The zero-order chi connectivity index (χ0) is 7.28. The number of nitrogens with two attached hydrogens (primary N) is 1. The van der Waals surface area contributed by atoms with E-state index in [2.05, 4.69) is 0 Å². The van der Waals surface area contributed by atoms with Crippen molar-refractivity contribution in [3.8, 4) is 0 Å². The van der Waals surface area contributed by atoms with Gasteiger partial charge in [-0.15, -0.1) is 0 Å². The number of hydrogen-bond acceptors (Lipinski definition) is 2. The second kappa shape index (κ2) is 4.52. The summed E-state index contributed by atoms with van der Waals surface area (Å²) in [6.07, 6.45) is 2.54. The standard InChI is InChI=1S/C5H11NO2S/c1-2-3-5(6)4-9(7)8/h3H,2,4,6H2,1H3,(H,7,8)/b5-3+. The molecule has 0 bridgehead atoms. The Bertz CT molecular complexity index is 133. The first-order valence-electron chi connectivity index (χ1n) is 2.68. The quantitative estimate of drug-likeness (QED) is 0.573. The summed E-state index contributed by atoms with van der Waals surface area (Å²) in [5.74, 6) is 0.0633. The normalized spacial score (nSPS) is 15.6. The fraction of sp³-hybridized carbons (Fsp3) is 0.600. The molecule has 54 valence electrons. The van der Waals surface area contributed by atoms with Crippen LogP contribution in [0.15, 0.2) is 11.8 Å². The molecule has 0 aromatic rings. The molecule has 0 saturated heterocycles. The van der Waals surface area contributed by atoms with E-state index in [1.165, 1.54) is 0 Å². The lowest BCUT2D eigenvalue weighted by Crippen LogP contribution is -2.06. The Labute approximate surface area is 57.2 Å². The van der Waals surface area contributed by atoms with Gasteiger partial charge < -0.3 is 10.3 Å². The third-order valence-electron chi connectivity index (χ3n) is 0.756. The molecule has 0 aromatic heterocycles. The summed E-state index contributed by atoms with van der Waals surface area (Å²) in [4.78, 5) is 0. The largest absolute Gasteiger partial charge is 0.401 e. The van der Waals surface area contributed by atoms with E-state index in [0.717, 1.165) is 6.42 Å². The van der Waals surface area contributed by atoms with Crippen LogP contribution in [0, 0.1) is 0 Å². The molecule has 0 aromatic carbocycles. The molecule has 0 spiro atoms. The SMILES string of the molecule is CC/C=C(/N)CS(=O)O. The predicted octanol–water partition coefficient (Wildman–Crippen LogP) is 0.461. The molecular weight excluding hydrogens is 138 g/mol. The highest BCUT2D eigenvalue weighted by atomic mass is 32.2. The van der Waals surface area contributed by atoms with Crippen molar-refractivity contribution in [3.05, 3.63) is 11.8 Å². The third kappa shape index (κ3) is 5.52. The molecule has 0 aliphatic rings. The van der Waals surface area contributed by atoms with Gasteiger partial charge in [-0.3, -0.25) is 0 Å². The minimum Gasteiger partial charge on any atom is -0.401 e. The van der Waals surface area contributed by atoms with Crippen molar-refractivity contribution in [2.24, 2.45) is 5.73 Å². The van der Waals surface area contributed by atoms with Crippen molar-refractivity contribution in [2.75, 3.05) is 5.75 Å². The van der Waals surface area contributed by atoms with Gasteiger partial charge in [0, 0.05) is 5.70 Å². The lowest BCUT2D eigenvalue weighted by molar-refractivity contribution is 0.566. The van der Waals surface area contributed by atoms with Gasteiger partial charge in [0.25, 0.3) is 0 Å². The molecule has 4 heteroatoms. The van der Waals surface area contributed by atoms with Crippen LogP contribution in [0.4, 0.5) is 0 Å². The maximum atomic E-state index is 10.1. The van der Waals surface area contributed by atoms with Gasteiger partial charge in [0.15, 0.2) is 11.1 Å². The first-order chi connectivity index (χ1) is 4.16. The van der Waals surface area contributed by atoms with E-state index in [-0.39, 0.29) is 5.75 Å². The van der Waals surface area contributed by atoms with E-state index in [1.807, 2.05) is 6.92 Å². The Morgan fingerprint density at radius 3 is 2.78 bits per heavy atom. The minimum atomic E-state index is -1.79. The van der Waals surface area contributed by atoms with Gasteiger partial charge in [0.1, 0.15) is 0 Å². The average molecular weight is 149 g/mol. The molecule has 1 unspecified atom stereocenters. The van der Waals surface area contributed by atoms with Gasteiger partial charge in [0.05, 0.1) is 5.75 Å². The molecule has 3 N–H and O–H groups in total. The van der Waals surface area contributed by atoms with Crippen LogP contribution in [0.25, 0.3) is 0 Å². The van der Waals surface area contributed by atoms with Crippen molar-refractivity contribution in [3.63, 3.8) is 0 Å². The van der Waals surface area contributed by atoms with Crippen LogP contribution in [0.1, 0.15) is 13.3 Å². The Hall–Kier alpha value is -0.350. The van der Waals surface area contributed by atoms with Gasteiger partial charge >= 0.3 is 0 Å². The van der Waals surface area contributed by atoms with E-state index in [9.17, 15) is 4.21 Å². The lowest BCUT2D eigenvalue weighted by Gasteiger charge is -1.93. The fourth-order valence-corrected chi connectivity index (χ4v) is 0.867. The Balaban J connectivity index is 3.62. The maximum Gasteiger partial charge on any atom is 0.158 e. The zero-order valence-corrected chi connectivity index (χ0v) is 6.15. The van der Waals surface area contributed by atoms with Crippen LogP contribution < -0.4 is 5.73 Å². The van der Waals surface area contributed by atoms with Crippen LogP contribution in [-0.2, 0) is 11.1 Å². The summed E-state index contributed by atoms with van der Waals surface area (Å²) in [6.45, 7) is 1.92. The molecule has 0 saturated carbocycles. The van der Waals surface area contributed by atoms with E-state index in [0.29, 0.717) is 5.70 Å². The van der Waals surface area contributed by atoms with Gasteiger partial charge in [-0.25, -0.2) is 4.21 Å². The predicted molar refractivity (Wildman–Crippen MR) is 38.2 cm³/mol. The molecule has 0 aliphatic carbocycles. The van der Waals surface area contributed by atoms with Crippen LogP contribution in [0.5, 0.6) is 0 Å². The van der Waals surface area contributed by atoms with Gasteiger partial charge in [-0.05, 0) is 6.42 Å². The summed E-state index contributed by atoms with van der Waals surface area (Å²) >= 11 is -1.79. The Morgan fingerprint density at radius 2 is 2.44 bits per heavy atom. The Morgan fingerprint density at radius 1 is 1.89 bits per heavy atom. The summed E-state index contributed by atoms with van der Waals surface area (Å²) in [5.41, 5.74) is 5.78. The number of hydrogen-bond donors (Lipinski definition) is 2. The van der Waals surface area contributed by atoms with Gasteiger partial charge in [0.2, 0.25) is 0 Å². The van der Waals surface area contributed by atoms with Crippen molar-refractivity contribution < 1.29 is 8.76 Å². The lowest BCUT2D eigenvalue weighted by atomic mass is 10.4. The second-order valence-corrected chi connectivity index (χ2v) is 2.58. The van der Waals surface area contributed by atoms with Crippen LogP contribution >= 0.6 is 0 Å². The number of rotatable bonds is 3. The van der Waals surface area contributed by atoms with Crippen molar-refractivity contribution in [1.29, 1.82) is 0 Å². The third-order valence-corrected chi connectivity index (χ3v) is 1.34. The summed E-state index contributed by atoms with van der Waals surface area (Å²) < 4.78 is 18.4. The van der Waals surface area contributed by atoms with Crippen LogP contribution in [-0.4, -0.2) is 14.5 Å². The first-order valence-corrected chi connectivity index (χ1v) is 3.96. The molecule has 3 nitrogen and oxygen atoms in total. The molecule has 0 aliphatic heterocycles. The van der Waals surface area contributed by atoms with Gasteiger partial charge in [-0.1, -0.05) is 13.0 Å². The van der Waals surface area contributed by atoms with Crippen molar-refractivity contribution in [1.82, 2.24) is 0 Å². The highest BCUT2D eigenvalue weighted by Crippen LogP contribution is 1.88. The van der Waals surface area contributed by atoms with E-state index >= 15 is 0 Å². The maximum absolute atomic E-state index is 10.1. The summed E-state index contributed by atoms with van der Waals surface area (Å²) in [7, 11) is 0. The fourth-order valence-electron chi connectivity index (χ4n) is 0.464. The number of allylic oxidation sites excluding steroid dienone is 1. The highest BCUT2D eigenvalue weighted by Gasteiger charge is 1.93. The molecule has 0 heterocycles. The summed E-state index contributed by atoms with van der Waals surface area (Å²) in [5, 5.41) is 0. The van der Waals surface area contributed by atoms with E-state index in [4.69, 9.17) is 10.3 Å². The molecular formula is C5H11NO2S. The van der Waals surface area contributed by atoms with Crippen LogP contribution in [0.3, 0.4) is 0 Å². The van der Waals surface area contributed by atoms with Crippen LogP contribution in [0.2, 0.25) is 0 Å². The minimum absolute atomic E-state index is 0.0633.